The van der Waals surface area contributed by atoms with Gasteiger partial charge in [-0.2, -0.15) is 0 Å². The Bertz CT molecular complexity index is 220. The smallest absolute Gasteiger partial charge is 0.251 e. The fourth-order valence-electron chi connectivity index (χ4n) is 1.15. The number of aliphatic hydroxyl groups is 1. The summed E-state index contributed by atoms with van der Waals surface area (Å²) in [5, 5.41) is 9.41. The molecule has 1 aliphatic heterocycles. The SMILES string of the molecule is [CH2]CN1C(=O)C(C)=C(C)C1O. The van der Waals surface area contributed by atoms with Crippen LogP contribution in [0.2, 0.25) is 0 Å². The van der Waals surface area contributed by atoms with Crippen molar-refractivity contribution >= 4 is 5.91 Å². The first kappa shape index (κ1) is 8.27. The molecule has 1 amide bonds. The number of carbonyl (C=O) groups excluding carboxylic acids is 1. The van der Waals surface area contributed by atoms with Gasteiger partial charge >= 0.3 is 0 Å². The van der Waals surface area contributed by atoms with Crippen molar-refractivity contribution in [3.63, 3.8) is 0 Å². The summed E-state index contributed by atoms with van der Waals surface area (Å²) in [6.45, 7) is 7.35. The summed E-state index contributed by atoms with van der Waals surface area (Å²) in [5.41, 5.74) is 1.37. The molecule has 1 aliphatic rings. The second-order valence-corrected chi connectivity index (χ2v) is 2.68. The molecule has 3 heteroatoms. The van der Waals surface area contributed by atoms with E-state index in [-0.39, 0.29) is 5.91 Å². The highest BCUT2D eigenvalue weighted by molar-refractivity contribution is 5.96. The first-order valence-corrected chi connectivity index (χ1v) is 3.55. The van der Waals surface area contributed by atoms with E-state index >= 15 is 0 Å². The molecule has 0 bridgehead atoms. The second kappa shape index (κ2) is 2.66. The Morgan fingerprint density at radius 2 is 2.18 bits per heavy atom. The van der Waals surface area contributed by atoms with Crippen LogP contribution in [0.4, 0.5) is 0 Å². The number of carbonyl (C=O) groups is 1. The van der Waals surface area contributed by atoms with Crippen molar-refractivity contribution in [2.75, 3.05) is 6.54 Å². The van der Waals surface area contributed by atoms with Gasteiger partial charge in [-0.3, -0.25) is 4.79 Å². The number of amides is 1. The van der Waals surface area contributed by atoms with Crippen LogP contribution in [0, 0.1) is 6.92 Å². The summed E-state index contributed by atoms with van der Waals surface area (Å²) in [6, 6.07) is 0. The van der Waals surface area contributed by atoms with Crippen LogP contribution < -0.4 is 0 Å². The summed E-state index contributed by atoms with van der Waals surface area (Å²) < 4.78 is 0. The molecule has 61 valence electrons. The van der Waals surface area contributed by atoms with E-state index in [1.54, 1.807) is 13.8 Å². The Morgan fingerprint density at radius 3 is 2.36 bits per heavy atom. The van der Waals surface area contributed by atoms with Gasteiger partial charge in [0.2, 0.25) is 0 Å². The maximum absolute atomic E-state index is 11.2. The normalized spacial score (nSPS) is 25.3. The average molecular weight is 154 g/mol. The van der Waals surface area contributed by atoms with Crippen molar-refractivity contribution in [1.29, 1.82) is 0 Å². The number of aliphatic hydroxyl groups excluding tert-OH is 1. The van der Waals surface area contributed by atoms with Gasteiger partial charge in [0.1, 0.15) is 0 Å². The highest BCUT2D eigenvalue weighted by atomic mass is 16.3. The molecule has 1 radical (unpaired) electrons. The Hall–Kier alpha value is -0.830. The Labute approximate surface area is 66.3 Å². The van der Waals surface area contributed by atoms with E-state index in [2.05, 4.69) is 6.92 Å². The zero-order chi connectivity index (χ0) is 8.59. The van der Waals surface area contributed by atoms with Crippen molar-refractivity contribution in [3.05, 3.63) is 18.1 Å². The van der Waals surface area contributed by atoms with E-state index in [9.17, 15) is 9.90 Å². The van der Waals surface area contributed by atoms with Gasteiger partial charge in [0.05, 0.1) is 0 Å². The molecule has 0 saturated heterocycles. The zero-order valence-corrected chi connectivity index (χ0v) is 6.79. The first-order valence-electron chi connectivity index (χ1n) is 3.55. The van der Waals surface area contributed by atoms with Crippen molar-refractivity contribution in [2.45, 2.75) is 20.1 Å². The summed E-state index contributed by atoms with van der Waals surface area (Å²) in [5.74, 6) is -0.106. The van der Waals surface area contributed by atoms with E-state index in [0.717, 1.165) is 5.57 Å². The van der Waals surface area contributed by atoms with Crippen LogP contribution in [0.3, 0.4) is 0 Å². The van der Waals surface area contributed by atoms with Gasteiger partial charge in [-0.05, 0) is 26.3 Å². The first-order chi connectivity index (χ1) is 5.09. The van der Waals surface area contributed by atoms with E-state index in [4.69, 9.17) is 0 Å². The second-order valence-electron chi connectivity index (χ2n) is 2.68. The molecule has 0 aliphatic carbocycles. The zero-order valence-electron chi connectivity index (χ0n) is 6.79. The monoisotopic (exact) mass is 154 g/mol. The van der Waals surface area contributed by atoms with E-state index in [1.807, 2.05) is 0 Å². The van der Waals surface area contributed by atoms with Crippen LogP contribution >= 0.6 is 0 Å². The van der Waals surface area contributed by atoms with Crippen LogP contribution in [0.1, 0.15) is 13.8 Å². The highest BCUT2D eigenvalue weighted by Gasteiger charge is 2.31. The number of hydrogen-bond acceptors (Lipinski definition) is 2. The lowest BCUT2D eigenvalue weighted by Gasteiger charge is -2.19. The van der Waals surface area contributed by atoms with Crippen LogP contribution in [0.15, 0.2) is 11.1 Å². The molecule has 1 rings (SSSR count). The van der Waals surface area contributed by atoms with Crippen LogP contribution in [0.25, 0.3) is 0 Å². The van der Waals surface area contributed by atoms with Crippen molar-refractivity contribution < 1.29 is 9.90 Å². The minimum absolute atomic E-state index is 0.106. The van der Waals surface area contributed by atoms with Crippen molar-refractivity contribution in [2.24, 2.45) is 0 Å². The minimum Gasteiger partial charge on any atom is -0.369 e. The predicted octanol–water partition coefficient (Wildman–Crippen LogP) is 0.317. The van der Waals surface area contributed by atoms with E-state index in [1.165, 1.54) is 4.90 Å². The Balaban J connectivity index is 2.92. The van der Waals surface area contributed by atoms with E-state index < -0.39 is 6.23 Å². The molecule has 0 aromatic carbocycles. The van der Waals surface area contributed by atoms with Gasteiger partial charge in [0.25, 0.3) is 5.91 Å². The van der Waals surface area contributed by atoms with Gasteiger partial charge in [-0.1, -0.05) is 0 Å². The number of nitrogens with zero attached hydrogens (tertiary/aromatic N) is 1. The Kier molecular flexibility index (Phi) is 2.00. The third-order valence-electron chi connectivity index (χ3n) is 2.10. The van der Waals surface area contributed by atoms with Gasteiger partial charge < -0.3 is 10.0 Å². The Morgan fingerprint density at radius 1 is 1.64 bits per heavy atom. The summed E-state index contributed by atoms with van der Waals surface area (Å²) in [7, 11) is 0. The molecule has 1 heterocycles. The third kappa shape index (κ3) is 1.05. The lowest BCUT2D eigenvalue weighted by Crippen LogP contribution is -2.34. The minimum atomic E-state index is -0.750. The lowest BCUT2D eigenvalue weighted by atomic mass is 10.2. The maximum atomic E-state index is 11.2. The van der Waals surface area contributed by atoms with Gasteiger partial charge in [0.15, 0.2) is 6.23 Å². The molecule has 1 atom stereocenters. The average Bonchev–Trinajstić information content (AvgIpc) is 2.17. The largest absolute Gasteiger partial charge is 0.369 e. The number of hydrogen-bond donors (Lipinski definition) is 1. The molecule has 0 spiro atoms. The molecule has 0 fully saturated rings. The summed E-state index contributed by atoms with van der Waals surface area (Å²) in [6.07, 6.45) is -0.750. The molecule has 1 N–H and O–H groups in total. The quantitative estimate of drug-likeness (QED) is 0.590. The topological polar surface area (TPSA) is 40.5 Å². The van der Waals surface area contributed by atoms with Gasteiger partial charge in [-0.25, -0.2) is 0 Å². The molecule has 1 unspecified atom stereocenters. The molecular formula is C8H12NO2. The molecule has 3 nitrogen and oxygen atoms in total. The fraction of sp³-hybridized carbons (Fsp3) is 0.500. The van der Waals surface area contributed by atoms with Crippen LogP contribution in [-0.2, 0) is 4.79 Å². The summed E-state index contributed by atoms with van der Waals surface area (Å²) in [4.78, 5) is 12.6. The maximum Gasteiger partial charge on any atom is 0.251 e. The fourth-order valence-corrected chi connectivity index (χ4v) is 1.15. The molecule has 11 heavy (non-hydrogen) atoms. The predicted molar refractivity (Wildman–Crippen MR) is 41.5 cm³/mol. The molecule has 0 aromatic rings. The standard InChI is InChI=1S/C8H12NO2/c1-4-9-7(10)5(2)6(3)8(9)11/h7,10H,1,4H2,2-3H3. The highest BCUT2D eigenvalue weighted by Crippen LogP contribution is 2.22. The molecular weight excluding hydrogens is 142 g/mol. The van der Waals surface area contributed by atoms with Crippen LogP contribution in [-0.4, -0.2) is 28.7 Å². The third-order valence-corrected chi connectivity index (χ3v) is 2.10. The lowest BCUT2D eigenvalue weighted by molar-refractivity contribution is -0.131. The molecule has 0 aromatic heterocycles. The van der Waals surface area contributed by atoms with Gasteiger partial charge in [0, 0.05) is 12.1 Å². The van der Waals surface area contributed by atoms with Gasteiger partial charge in [-0.15, -0.1) is 0 Å². The number of rotatable bonds is 1. The summed E-state index contributed by atoms with van der Waals surface area (Å²) >= 11 is 0. The van der Waals surface area contributed by atoms with E-state index in [0.29, 0.717) is 12.1 Å². The van der Waals surface area contributed by atoms with Crippen molar-refractivity contribution in [3.8, 4) is 0 Å². The molecule has 0 saturated carbocycles. The van der Waals surface area contributed by atoms with Crippen LogP contribution in [0.5, 0.6) is 0 Å². The van der Waals surface area contributed by atoms with Crippen molar-refractivity contribution in [1.82, 2.24) is 4.90 Å².